The Morgan fingerprint density at radius 2 is 1.81 bits per heavy atom. The van der Waals surface area contributed by atoms with E-state index in [1.54, 1.807) is 78.3 Å². The van der Waals surface area contributed by atoms with E-state index in [-0.39, 0.29) is 18.1 Å². The highest BCUT2D eigenvalue weighted by molar-refractivity contribution is 6.15. The average molecular weight is 426 g/mol. The van der Waals surface area contributed by atoms with Gasteiger partial charge in [-0.25, -0.2) is 4.79 Å². The molecule has 2 aromatic carbocycles. The molecule has 0 saturated heterocycles. The highest BCUT2D eigenvalue weighted by Gasteiger charge is 2.30. The van der Waals surface area contributed by atoms with Crippen molar-refractivity contribution in [3.63, 3.8) is 0 Å². The van der Waals surface area contributed by atoms with Crippen molar-refractivity contribution >= 4 is 17.8 Å². The van der Waals surface area contributed by atoms with E-state index in [1.807, 2.05) is 0 Å². The molecule has 31 heavy (non-hydrogen) atoms. The summed E-state index contributed by atoms with van der Waals surface area (Å²) in [6, 6.07) is 8.58. The molecule has 2 aromatic rings. The lowest BCUT2D eigenvalue weighted by atomic mass is 10.0. The van der Waals surface area contributed by atoms with Crippen LogP contribution < -0.4 is 18.9 Å². The van der Waals surface area contributed by atoms with Crippen LogP contribution in [0, 0.1) is 6.92 Å². The maximum absolute atomic E-state index is 12.9. The fourth-order valence-electron chi connectivity index (χ4n) is 3.15. The zero-order chi connectivity index (χ0) is 22.8. The lowest BCUT2D eigenvalue weighted by molar-refractivity contribution is -0.157. The van der Waals surface area contributed by atoms with Crippen molar-refractivity contribution in [2.75, 3.05) is 20.8 Å². The van der Waals surface area contributed by atoms with Crippen LogP contribution >= 0.6 is 0 Å². The molecule has 0 spiro atoms. The maximum Gasteiger partial charge on any atom is 0.344 e. The zero-order valence-electron chi connectivity index (χ0n) is 18.5. The molecular formula is C24H26O7. The second kappa shape index (κ2) is 8.71. The predicted molar refractivity (Wildman–Crippen MR) is 115 cm³/mol. The lowest BCUT2D eigenvalue weighted by Gasteiger charge is -2.19. The summed E-state index contributed by atoms with van der Waals surface area (Å²) in [7, 11) is 3.11. The number of carbonyl (C=O) groups is 2. The van der Waals surface area contributed by atoms with Gasteiger partial charge in [0.05, 0.1) is 19.8 Å². The number of carbonyl (C=O) groups excluding carboxylic acids is 2. The smallest absolute Gasteiger partial charge is 0.344 e. The molecule has 0 aromatic heterocycles. The molecule has 0 unspecified atom stereocenters. The summed E-state index contributed by atoms with van der Waals surface area (Å²) in [4.78, 5) is 24.8. The third kappa shape index (κ3) is 5.17. The Kier molecular flexibility index (Phi) is 6.24. The number of aryl methyl sites for hydroxylation is 1. The molecule has 0 amide bonds. The number of ether oxygens (including phenoxy) is 5. The molecule has 0 bridgehead atoms. The fraction of sp³-hybridized carbons (Fsp3) is 0.333. The normalized spacial score (nSPS) is 14.1. The van der Waals surface area contributed by atoms with Gasteiger partial charge in [-0.15, -0.1) is 0 Å². The molecule has 7 nitrogen and oxygen atoms in total. The number of fused-ring (bicyclic) bond motifs is 1. The van der Waals surface area contributed by atoms with Crippen molar-refractivity contribution in [2.45, 2.75) is 33.3 Å². The number of rotatable bonds is 6. The van der Waals surface area contributed by atoms with Crippen molar-refractivity contribution in [1.82, 2.24) is 0 Å². The first-order valence-electron chi connectivity index (χ1n) is 9.77. The minimum Gasteiger partial charge on any atom is -0.497 e. The van der Waals surface area contributed by atoms with Crippen LogP contribution in [-0.2, 0) is 9.53 Å². The molecule has 0 aliphatic carbocycles. The third-order valence-electron chi connectivity index (χ3n) is 4.45. The maximum atomic E-state index is 12.9. The summed E-state index contributed by atoms with van der Waals surface area (Å²) in [6.07, 6.45) is 1.63. The van der Waals surface area contributed by atoms with E-state index in [2.05, 4.69) is 0 Å². The second-order valence-corrected chi connectivity index (χ2v) is 8.04. The third-order valence-corrected chi connectivity index (χ3v) is 4.45. The van der Waals surface area contributed by atoms with Crippen LogP contribution in [0.3, 0.4) is 0 Å². The fourth-order valence-corrected chi connectivity index (χ4v) is 3.15. The Bertz CT molecular complexity index is 1040. The molecule has 1 aliphatic rings. The van der Waals surface area contributed by atoms with Crippen LogP contribution in [0.1, 0.15) is 42.3 Å². The van der Waals surface area contributed by atoms with E-state index in [1.165, 1.54) is 0 Å². The summed E-state index contributed by atoms with van der Waals surface area (Å²) >= 11 is 0. The van der Waals surface area contributed by atoms with E-state index < -0.39 is 11.6 Å². The Morgan fingerprint density at radius 3 is 2.45 bits per heavy atom. The van der Waals surface area contributed by atoms with Crippen LogP contribution in [0.5, 0.6) is 23.0 Å². The minimum atomic E-state index is -0.591. The lowest BCUT2D eigenvalue weighted by Crippen LogP contribution is -2.27. The first-order chi connectivity index (χ1) is 14.6. The Balaban J connectivity index is 1.82. The molecule has 0 N–H and O–H groups in total. The predicted octanol–water partition coefficient (Wildman–Crippen LogP) is 4.35. The van der Waals surface area contributed by atoms with Gasteiger partial charge in [-0.1, -0.05) is 0 Å². The topological polar surface area (TPSA) is 80.3 Å². The molecule has 0 fully saturated rings. The number of methoxy groups -OCH3 is 2. The van der Waals surface area contributed by atoms with Gasteiger partial charge in [0.15, 0.2) is 12.4 Å². The van der Waals surface area contributed by atoms with Crippen LogP contribution in [0.2, 0.25) is 0 Å². The number of allylic oxidation sites excluding steroid dienone is 1. The molecule has 1 heterocycles. The monoisotopic (exact) mass is 426 g/mol. The van der Waals surface area contributed by atoms with Gasteiger partial charge in [0.25, 0.3) is 0 Å². The first-order valence-corrected chi connectivity index (χ1v) is 9.77. The molecule has 7 heteroatoms. The van der Waals surface area contributed by atoms with E-state index in [9.17, 15) is 9.59 Å². The second-order valence-electron chi connectivity index (χ2n) is 8.04. The van der Waals surface area contributed by atoms with Gasteiger partial charge < -0.3 is 23.7 Å². The highest BCUT2D eigenvalue weighted by Crippen LogP contribution is 2.38. The van der Waals surface area contributed by atoms with Gasteiger partial charge in [0.1, 0.15) is 28.6 Å². The van der Waals surface area contributed by atoms with Gasteiger partial charge in [0.2, 0.25) is 5.78 Å². The van der Waals surface area contributed by atoms with Crippen LogP contribution in [0.25, 0.3) is 6.08 Å². The SMILES string of the molecule is COc1ccc(/C=C2\Oc3cc(OCC(=O)OC(C)(C)C)cc(C)c3C2=O)c(OC)c1. The van der Waals surface area contributed by atoms with Crippen molar-refractivity contribution < 1.29 is 33.3 Å². The van der Waals surface area contributed by atoms with Crippen LogP contribution in [0.15, 0.2) is 36.1 Å². The standard InChI is InChI=1S/C24H26O7/c1-14-9-17(29-13-21(25)31-24(2,3)4)12-19-22(14)23(26)20(30-19)10-15-7-8-16(27-5)11-18(15)28-6/h7-12H,13H2,1-6H3/b20-10-. The largest absolute Gasteiger partial charge is 0.497 e. The van der Waals surface area contributed by atoms with Gasteiger partial charge in [-0.2, -0.15) is 0 Å². The Labute approximate surface area is 181 Å². The molecule has 0 saturated carbocycles. The van der Waals surface area contributed by atoms with Crippen molar-refractivity contribution in [2.24, 2.45) is 0 Å². The van der Waals surface area contributed by atoms with E-state index in [0.717, 1.165) is 0 Å². The summed E-state index contributed by atoms with van der Waals surface area (Å²) < 4.78 is 27.2. The summed E-state index contributed by atoms with van der Waals surface area (Å²) in [5, 5.41) is 0. The first kappa shape index (κ1) is 22.2. The number of esters is 1. The summed E-state index contributed by atoms with van der Waals surface area (Å²) in [6.45, 7) is 6.91. The highest BCUT2D eigenvalue weighted by atomic mass is 16.6. The molecule has 164 valence electrons. The Morgan fingerprint density at radius 1 is 1.06 bits per heavy atom. The number of benzene rings is 2. The number of ketones is 1. The zero-order valence-corrected chi connectivity index (χ0v) is 18.5. The summed E-state index contributed by atoms with van der Waals surface area (Å²) in [5.41, 5.74) is 1.24. The van der Waals surface area contributed by atoms with Gasteiger partial charge in [0, 0.05) is 17.7 Å². The van der Waals surface area contributed by atoms with Crippen molar-refractivity contribution in [1.29, 1.82) is 0 Å². The van der Waals surface area contributed by atoms with Crippen LogP contribution in [0.4, 0.5) is 0 Å². The molecular weight excluding hydrogens is 400 g/mol. The van der Waals surface area contributed by atoms with E-state index in [4.69, 9.17) is 23.7 Å². The van der Waals surface area contributed by atoms with E-state index in [0.29, 0.717) is 39.7 Å². The minimum absolute atomic E-state index is 0.172. The number of Topliss-reactive ketones (excluding diaryl/α,β-unsaturated/α-hetero) is 1. The number of hydrogen-bond acceptors (Lipinski definition) is 7. The van der Waals surface area contributed by atoms with Gasteiger partial charge >= 0.3 is 5.97 Å². The Hall–Kier alpha value is -3.48. The van der Waals surface area contributed by atoms with Crippen molar-refractivity contribution in [3.05, 3.63) is 52.8 Å². The van der Waals surface area contributed by atoms with Crippen LogP contribution in [-0.4, -0.2) is 38.2 Å². The van der Waals surface area contributed by atoms with Crippen molar-refractivity contribution in [3.8, 4) is 23.0 Å². The van der Waals surface area contributed by atoms with E-state index >= 15 is 0 Å². The summed E-state index contributed by atoms with van der Waals surface area (Å²) in [5.74, 6) is 1.45. The molecule has 0 atom stereocenters. The molecule has 3 rings (SSSR count). The van der Waals surface area contributed by atoms with Gasteiger partial charge in [-0.3, -0.25) is 4.79 Å². The van der Waals surface area contributed by atoms with Gasteiger partial charge in [-0.05, 0) is 57.5 Å². The average Bonchev–Trinajstić information content (AvgIpc) is 3.01. The number of hydrogen-bond donors (Lipinski definition) is 0. The quantitative estimate of drug-likeness (QED) is 0.502. The molecule has 1 aliphatic heterocycles. The molecule has 0 radical (unpaired) electrons.